The fourth-order valence-electron chi connectivity index (χ4n) is 2.47. The minimum Gasteiger partial charge on any atom is -0.296 e. The second-order valence-corrected chi connectivity index (χ2v) is 9.82. The van der Waals surface area contributed by atoms with Gasteiger partial charge in [0.1, 0.15) is 0 Å². The third-order valence-corrected chi connectivity index (χ3v) is 7.48. The highest BCUT2D eigenvalue weighted by molar-refractivity contribution is 8.01. The van der Waals surface area contributed by atoms with Gasteiger partial charge < -0.3 is 0 Å². The fourth-order valence-corrected chi connectivity index (χ4v) is 5.63. The number of anilines is 1. The molecular weight excluding hydrogens is 380 g/mol. The Hall–Kier alpha value is -1.49. The van der Waals surface area contributed by atoms with Gasteiger partial charge in [-0.2, -0.15) is 4.31 Å². The van der Waals surface area contributed by atoms with Crippen molar-refractivity contribution in [1.82, 2.24) is 14.5 Å². The molecule has 1 aliphatic heterocycles. The Morgan fingerprint density at radius 1 is 1.24 bits per heavy atom. The molecule has 1 aromatic heterocycles. The highest BCUT2D eigenvalue weighted by atomic mass is 32.2. The van der Waals surface area contributed by atoms with Crippen LogP contribution in [-0.4, -0.2) is 47.7 Å². The van der Waals surface area contributed by atoms with E-state index in [4.69, 9.17) is 0 Å². The number of nitrogens with one attached hydrogen (secondary N) is 1. The normalized spacial score (nSPS) is 15.4. The van der Waals surface area contributed by atoms with Crippen molar-refractivity contribution in [3.05, 3.63) is 29.8 Å². The summed E-state index contributed by atoms with van der Waals surface area (Å²) in [6.45, 7) is 3.13. The van der Waals surface area contributed by atoms with Crippen molar-refractivity contribution in [2.75, 3.05) is 24.2 Å². The summed E-state index contributed by atoms with van der Waals surface area (Å²) in [5.74, 6) is 0.546. The Bertz CT molecular complexity index is 843. The molecule has 25 heavy (non-hydrogen) atoms. The first-order valence-corrected chi connectivity index (χ1v) is 11.1. The number of hydrogen-bond acceptors (Lipinski definition) is 7. The largest absolute Gasteiger partial charge is 0.296 e. The SMILES string of the molecule is CCSc1nnc(NC(=O)c2ccc(S(=O)(=O)N3CCCC3)cc2)s1. The van der Waals surface area contributed by atoms with E-state index in [-0.39, 0.29) is 10.8 Å². The van der Waals surface area contributed by atoms with E-state index in [2.05, 4.69) is 15.5 Å². The summed E-state index contributed by atoms with van der Waals surface area (Å²) in [5, 5.41) is 11.0. The monoisotopic (exact) mass is 398 g/mol. The Morgan fingerprint density at radius 2 is 1.92 bits per heavy atom. The molecule has 0 radical (unpaired) electrons. The van der Waals surface area contributed by atoms with Gasteiger partial charge in [-0.1, -0.05) is 30.0 Å². The molecule has 0 saturated carbocycles. The summed E-state index contributed by atoms with van der Waals surface area (Å²) in [5.41, 5.74) is 0.375. The Labute approximate surface area is 154 Å². The summed E-state index contributed by atoms with van der Waals surface area (Å²) in [7, 11) is -3.46. The van der Waals surface area contributed by atoms with E-state index in [1.807, 2.05) is 6.92 Å². The summed E-state index contributed by atoms with van der Waals surface area (Å²) >= 11 is 2.87. The van der Waals surface area contributed by atoms with Gasteiger partial charge in [0.2, 0.25) is 15.2 Å². The zero-order valence-corrected chi connectivity index (χ0v) is 16.1. The van der Waals surface area contributed by atoms with Crippen LogP contribution in [-0.2, 0) is 10.0 Å². The molecule has 0 aliphatic carbocycles. The molecule has 7 nitrogen and oxygen atoms in total. The number of amides is 1. The maximum atomic E-state index is 12.5. The molecule has 1 N–H and O–H groups in total. The topological polar surface area (TPSA) is 92.3 Å². The molecule has 0 bridgehead atoms. The molecule has 10 heteroatoms. The molecule has 3 rings (SSSR count). The molecule has 1 amide bonds. The van der Waals surface area contributed by atoms with Gasteiger partial charge in [-0.05, 0) is 42.9 Å². The van der Waals surface area contributed by atoms with Crippen molar-refractivity contribution < 1.29 is 13.2 Å². The minimum atomic E-state index is -3.46. The van der Waals surface area contributed by atoms with Crippen molar-refractivity contribution in [1.29, 1.82) is 0 Å². The molecule has 2 heterocycles. The van der Waals surface area contributed by atoms with Crippen molar-refractivity contribution in [2.24, 2.45) is 0 Å². The lowest BCUT2D eigenvalue weighted by molar-refractivity contribution is 0.102. The van der Waals surface area contributed by atoms with E-state index in [9.17, 15) is 13.2 Å². The van der Waals surface area contributed by atoms with Crippen LogP contribution < -0.4 is 5.32 Å². The highest BCUT2D eigenvalue weighted by Gasteiger charge is 2.27. The van der Waals surface area contributed by atoms with Crippen LogP contribution in [0.2, 0.25) is 0 Å². The molecule has 2 aromatic rings. The van der Waals surface area contributed by atoms with Gasteiger partial charge in [0, 0.05) is 18.7 Å². The number of nitrogens with zero attached hydrogens (tertiary/aromatic N) is 3. The zero-order chi connectivity index (χ0) is 17.9. The average Bonchev–Trinajstić information content (AvgIpc) is 3.28. The predicted octanol–water partition coefficient (Wildman–Crippen LogP) is 2.69. The Kier molecular flexibility index (Phi) is 5.72. The van der Waals surface area contributed by atoms with E-state index >= 15 is 0 Å². The first-order chi connectivity index (χ1) is 12.0. The van der Waals surface area contributed by atoms with Gasteiger partial charge in [0.25, 0.3) is 5.91 Å². The molecule has 134 valence electrons. The second-order valence-electron chi connectivity index (χ2n) is 5.40. The van der Waals surface area contributed by atoms with Crippen LogP contribution in [0.4, 0.5) is 5.13 Å². The lowest BCUT2D eigenvalue weighted by Crippen LogP contribution is -2.27. The zero-order valence-electron chi connectivity index (χ0n) is 13.6. The average molecular weight is 399 g/mol. The summed E-state index contributed by atoms with van der Waals surface area (Å²) in [6.07, 6.45) is 1.78. The number of benzene rings is 1. The number of rotatable bonds is 6. The van der Waals surface area contributed by atoms with Gasteiger partial charge in [0.15, 0.2) is 4.34 Å². The predicted molar refractivity (Wildman–Crippen MR) is 98.7 cm³/mol. The summed E-state index contributed by atoms with van der Waals surface area (Å²) in [6, 6.07) is 5.98. The van der Waals surface area contributed by atoms with Gasteiger partial charge >= 0.3 is 0 Å². The quantitative estimate of drug-likeness (QED) is 0.594. The van der Waals surface area contributed by atoms with E-state index in [1.54, 1.807) is 11.8 Å². The van der Waals surface area contributed by atoms with Crippen LogP contribution >= 0.6 is 23.1 Å². The maximum Gasteiger partial charge on any atom is 0.257 e. The number of carbonyl (C=O) groups excluding carboxylic acids is 1. The van der Waals surface area contributed by atoms with Gasteiger partial charge in [0.05, 0.1) is 4.90 Å². The smallest absolute Gasteiger partial charge is 0.257 e. The van der Waals surface area contributed by atoms with Crippen LogP contribution in [0.5, 0.6) is 0 Å². The number of thioether (sulfide) groups is 1. The van der Waals surface area contributed by atoms with Gasteiger partial charge in [-0.3, -0.25) is 10.1 Å². The molecule has 1 fully saturated rings. The summed E-state index contributed by atoms with van der Waals surface area (Å²) < 4.78 is 27.2. The lowest BCUT2D eigenvalue weighted by atomic mass is 10.2. The molecule has 0 atom stereocenters. The standard InChI is InChI=1S/C15H18N4O3S3/c1-2-23-15-18-17-14(24-15)16-13(20)11-5-7-12(8-6-11)25(21,22)19-9-3-4-10-19/h5-8H,2-4,9-10H2,1H3,(H,16,17,20). The minimum absolute atomic E-state index is 0.212. The van der Waals surface area contributed by atoms with Crippen molar-refractivity contribution in [3.63, 3.8) is 0 Å². The van der Waals surface area contributed by atoms with Gasteiger partial charge in [-0.25, -0.2) is 8.42 Å². The molecule has 0 unspecified atom stereocenters. The number of sulfonamides is 1. The molecule has 1 saturated heterocycles. The van der Waals surface area contributed by atoms with Gasteiger partial charge in [-0.15, -0.1) is 10.2 Å². The van der Waals surface area contributed by atoms with Crippen LogP contribution in [0.3, 0.4) is 0 Å². The van der Waals surface area contributed by atoms with Crippen LogP contribution in [0.25, 0.3) is 0 Å². The van der Waals surface area contributed by atoms with Crippen LogP contribution in [0.15, 0.2) is 33.5 Å². The molecule has 0 spiro atoms. The molecule has 1 aromatic carbocycles. The number of hydrogen-bond donors (Lipinski definition) is 1. The second kappa shape index (κ2) is 7.81. The lowest BCUT2D eigenvalue weighted by Gasteiger charge is -2.15. The van der Waals surface area contributed by atoms with E-state index in [0.717, 1.165) is 22.9 Å². The third kappa shape index (κ3) is 4.20. The van der Waals surface area contributed by atoms with E-state index < -0.39 is 10.0 Å². The molecular formula is C15H18N4O3S3. The Balaban J connectivity index is 1.69. The first kappa shape index (κ1) is 18.3. The fraction of sp³-hybridized carbons (Fsp3) is 0.400. The highest BCUT2D eigenvalue weighted by Crippen LogP contribution is 2.25. The van der Waals surface area contributed by atoms with Crippen molar-refractivity contribution in [3.8, 4) is 0 Å². The third-order valence-electron chi connectivity index (χ3n) is 3.71. The Morgan fingerprint density at radius 3 is 2.56 bits per heavy atom. The van der Waals surface area contributed by atoms with Crippen molar-refractivity contribution >= 4 is 44.2 Å². The van der Waals surface area contributed by atoms with Crippen LogP contribution in [0.1, 0.15) is 30.1 Å². The first-order valence-electron chi connectivity index (χ1n) is 7.88. The summed E-state index contributed by atoms with van der Waals surface area (Å²) in [4.78, 5) is 12.5. The number of aromatic nitrogens is 2. The van der Waals surface area contributed by atoms with Crippen LogP contribution in [0, 0.1) is 0 Å². The van der Waals surface area contributed by atoms with E-state index in [1.165, 1.54) is 39.9 Å². The number of carbonyl (C=O) groups is 1. The maximum absolute atomic E-state index is 12.5. The molecule has 1 aliphatic rings. The van der Waals surface area contributed by atoms with Crippen molar-refractivity contribution in [2.45, 2.75) is 29.0 Å². The van der Waals surface area contributed by atoms with E-state index in [0.29, 0.717) is 23.8 Å².